The Morgan fingerprint density at radius 3 is 1.53 bits per heavy atom. The fourth-order valence-electron chi connectivity index (χ4n) is 6.97. The van der Waals surface area contributed by atoms with E-state index in [9.17, 15) is 5.48 Å². The molecule has 228 valence electrons. The van der Waals surface area contributed by atoms with E-state index in [4.69, 9.17) is 16.8 Å². The van der Waals surface area contributed by atoms with Crippen molar-refractivity contribution in [3.63, 3.8) is 0 Å². The molecule has 10 aromatic rings. The van der Waals surface area contributed by atoms with Gasteiger partial charge in [-0.25, -0.2) is 0 Å². The zero-order valence-electron chi connectivity index (χ0n) is 38.7. The zero-order chi connectivity index (χ0) is 43.6. The highest BCUT2D eigenvalue weighted by Crippen LogP contribution is 2.44. The van der Waals surface area contributed by atoms with Gasteiger partial charge in [-0.3, -0.25) is 0 Å². The Morgan fingerprint density at radius 2 is 0.857 bits per heavy atom. The van der Waals surface area contributed by atoms with Gasteiger partial charge in [-0.05, 0) is 101 Å². The number of hydrogen-bond donors (Lipinski definition) is 0. The third-order valence-corrected chi connectivity index (χ3v) is 9.20. The van der Waals surface area contributed by atoms with E-state index >= 15 is 0 Å². The highest BCUT2D eigenvalue weighted by Gasteiger charge is 2.17. The SMILES string of the molecule is [2H]c1c([2H])c([2H])c(-c2c3c([2H])c([2H])c([2H])c([2H])c3c(-c3ccc(-c4ccc5oc6ccc(-c7cccc8ccccc78)cc6c5c4)cc3)c3c([2H])c([2H])c([2H])c([2H])c23)c([2H])c1[2H]. The Bertz CT molecular complexity index is 3500. The van der Waals surface area contributed by atoms with Crippen LogP contribution in [0.4, 0.5) is 0 Å². The summed E-state index contributed by atoms with van der Waals surface area (Å²) in [5, 5.41) is 3.36. The van der Waals surface area contributed by atoms with E-state index < -0.39 is 84.1 Å². The molecule has 0 unspecified atom stereocenters. The summed E-state index contributed by atoms with van der Waals surface area (Å²) < 4.78 is 121. The van der Waals surface area contributed by atoms with Crippen molar-refractivity contribution in [2.24, 2.45) is 0 Å². The van der Waals surface area contributed by atoms with E-state index in [1.54, 1.807) is 12.1 Å². The first-order valence-electron chi connectivity index (χ1n) is 22.3. The lowest BCUT2D eigenvalue weighted by atomic mass is 9.86. The van der Waals surface area contributed by atoms with Gasteiger partial charge in [0.2, 0.25) is 0 Å². The predicted molar refractivity (Wildman–Crippen MR) is 208 cm³/mol. The molecule has 10 rings (SSSR count). The van der Waals surface area contributed by atoms with Crippen LogP contribution < -0.4 is 0 Å². The highest BCUT2D eigenvalue weighted by atomic mass is 16.3. The lowest BCUT2D eigenvalue weighted by molar-refractivity contribution is 0.669. The van der Waals surface area contributed by atoms with Crippen molar-refractivity contribution < 1.29 is 22.2 Å². The topological polar surface area (TPSA) is 13.1 Å². The Morgan fingerprint density at radius 1 is 0.347 bits per heavy atom. The molecule has 0 atom stereocenters. The lowest BCUT2D eigenvalue weighted by Gasteiger charge is -2.18. The quantitative estimate of drug-likeness (QED) is 0.175. The molecule has 1 heterocycles. The van der Waals surface area contributed by atoms with Gasteiger partial charge in [-0.1, -0.05) is 157 Å². The van der Waals surface area contributed by atoms with Gasteiger partial charge >= 0.3 is 0 Å². The summed E-state index contributed by atoms with van der Waals surface area (Å²) in [6, 6.07) is 25.3. The van der Waals surface area contributed by atoms with Gasteiger partial charge in [0, 0.05) is 10.8 Å². The van der Waals surface area contributed by atoms with Gasteiger partial charge in [-0.15, -0.1) is 0 Å². The van der Waals surface area contributed by atoms with Crippen LogP contribution in [0.3, 0.4) is 0 Å². The van der Waals surface area contributed by atoms with Crippen LogP contribution in [0.2, 0.25) is 0 Å². The number of rotatable bonds is 4. The molecule has 1 nitrogen and oxygen atoms in total. The second kappa shape index (κ2) is 11.1. The van der Waals surface area contributed by atoms with Crippen molar-refractivity contribution in [3.8, 4) is 44.5 Å². The average molecular weight is 636 g/mol. The van der Waals surface area contributed by atoms with E-state index in [0.29, 0.717) is 11.1 Å². The number of benzene rings is 9. The van der Waals surface area contributed by atoms with Crippen molar-refractivity contribution in [2.45, 2.75) is 0 Å². The Labute approximate surface area is 302 Å². The molecule has 0 saturated carbocycles. The first-order valence-corrected chi connectivity index (χ1v) is 15.8. The molecule has 0 spiro atoms. The monoisotopic (exact) mass is 635 g/mol. The lowest BCUT2D eigenvalue weighted by Crippen LogP contribution is -1.90. The van der Waals surface area contributed by atoms with E-state index in [0.717, 1.165) is 49.4 Å². The second-order valence-corrected chi connectivity index (χ2v) is 11.9. The predicted octanol–water partition coefficient (Wildman–Crippen LogP) is 13.7. The second-order valence-electron chi connectivity index (χ2n) is 11.9. The molecule has 0 radical (unpaired) electrons. The molecular formula is C48H30O. The van der Waals surface area contributed by atoms with Crippen LogP contribution in [0, 0.1) is 0 Å². The largest absolute Gasteiger partial charge is 0.456 e. The molecule has 0 bridgehead atoms. The van der Waals surface area contributed by atoms with Crippen LogP contribution in [-0.4, -0.2) is 0 Å². The zero-order valence-corrected chi connectivity index (χ0v) is 25.7. The summed E-state index contributed by atoms with van der Waals surface area (Å²) in [6.45, 7) is 0. The van der Waals surface area contributed by atoms with E-state index in [1.807, 2.05) is 54.6 Å². The summed E-state index contributed by atoms with van der Waals surface area (Å²) >= 11 is 0. The normalized spacial score (nSPS) is 15.4. The number of fused-ring (bicyclic) bond motifs is 6. The van der Waals surface area contributed by atoms with Crippen LogP contribution in [-0.2, 0) is 0 Å². The van der Waals surface area contributed by atoms with E-state index in [-0.39, 0.29) is 32.7 Å². The minimum atomic E-state index is -0.713. The number of furan rings is 1. The van der Waals surface area contributed by atoms with E-state index in [2.05, 4.69) is 36.4 Å². The van der Waals surface area contributed by atoms with Crippen molar-refractivity contribution in [3.05, 3.63) is 182 Å². The minimum Gasteiger partial charge on any atom is -0.456 e. The first kappa shape index (κ1) is 17.6. The smallest absolute Gasteiger partial charge is 0.135 e. The summed E-state index contributed by atoms with van der Waals surface area (Å²) in [5.74, 6) is 0. The van der Waals surface area contributed by atoms with Gasteiger partial charge in [0.05, 0.1) is 17.8 Å². The molecule has 9 aromatic carbocycles. The molecule has 0 aliphatic rings. The molecule has 0 fully saturated rings. The minimum absolute atomic E-state index is 0.0777. The molecule has 0 saturated heterocycles. The highest BCUT2D eigenvalue weighted by molar-refractivity contribution is 6.21. The van der Waals surface area contributed by atoms with Crippen molar-refractivity contribution in [1.82, 2.24) is 0 Å². The fourth-order valence-corrected chi connectivity index (χ4v) is 6.97. The maximum absolute atomic E-state index is 9.22. The molecule has 1 heteroatoms. The number of hydrogen-bond acceptors (Lipinski definition) is 1. The van der Waals surface area contributed by atoms with Crippen molar-refractivity contribution in [1.29, 1.82) is 0 Å². The molecule has 49 heavy (non-hydrogen) atoms. The summed E-state index contributed by atoms with van der Waals surface area (Å²) in [4.78, 5) is 0. The van der Waals surface area contributed by atoms with Gasteiger partial charge in [0.15, 0.2) is 0 Å². The molecule has 0 N–H and O–H groups in total. The van der Waals surface area contributed by atoms with Gasteiger partial charge in [-0.2, -0.15) is 0 Å². The van der Waals surface area contributed by atoms with Crippen molar-refractivity contribution >= 4 is 54.3 Å². The Kier molecular flexibility index (Phi) is 3.99. The Balaban J connectivity index is 1.21. The summed E-state index contributed by atoms with van der Waals surface area (Å²) in [7, 11) is 0. The maximum atomic E-state index is 9.22. The first-order chi connectivity index (χ1) is 29.7. The van der Waals surface area contributed by atoms with Gasteiger partial charge < -0.3 is 4.42 Å². The molecule has 1 aromatic heterocycles. The van der Waals surface area contributed by atoms with Crippen LogP contribution in [0.25, 0.3) is 98.8 Å². The van der Waals surface area contributed by atoms with Crippen LogP contribution in [0.5, 0.6) is 0 Å². The van der Waals surface area contributed by atoms with E-state index in [1.165, 1.54) is 0 Å². The van der Waals surface area contributed by atoms with Crippen LogP contribution >= 0.6 is 0 Å². The summed E-state index contributed by atoms with van der Waals surface area (Å²) in [6.07, 6.45) is 0. The molecule has 0 amide bonds. The molecule has 0 aliphatic heterocycles. The van der Waals surface area contributed by atoms with Gasteiger partial charge in [0.25, 0.3) is 0 Å². The summed E-state index contributed by atoms with van der Waals surface area (Å²) in [5.41, 5.74) is 4.88. The fraction of sp³-hybridized carbons (Fsp3) is 0. The average Bonchev–Trinajstić information content (AvgIpc) is 3.66. The Hall–Kier alpha value is -6.44. The third-order valence-electron chi connectivity index (χ3n) is 9.20. The van der Waals surface area contributed by atoms with Gasteiger partial charge in [0.1, 0.15) is 11.2 Å². The van der Waals surface area contributed by atoms with Crippen LogP contribution in [0.15, 0.2) is 186 Å². The molecule has 0 aliphatic carbocycles. The standard InChI is InChI=1S/C48H30O/c1-2-12-33(13-3-1)47-39-16-6-8-18-41(39)48(42-19-9-7-17-40(42)47)34-23-21-31(22-24-34)35-25-27-45-43(29-35)44-30-36(26-28-46(44)49-45)38-20-10-14-32-11-4-5-15-37(32)38/h1-30H/i1D,2D,3D,6D,7D,8D,9D,12D,13D,16D,17D,18D,19D. The van der Waals surface area contributed by atoms with Crippen molar-refractivity contribution in [2.75, 3.05) is 0 Å². The molecular weight excluding hydrogens is 593 g/mol. The maximum Gasteiger partial charge on any atom is 0.135 e. The van der Waals surface area contributed by atoms with Crippen LogP contribution in [0.1, 0.15) is 17.8 Å². The third kappa shape index (κ3) is 4.47.